The fourth-order valence-corrected chi connectivity index (χ4v) is 2.43. The topological polar surface area (TPSA) is 63.4 Å². The molecule has 0 aliphatic carbocycles. The molecule has 100 valence electrons. The molecule has 0 aromatic heterocycles. The maximum atomic E-state index is 12.4. The third kappa shape index (κ3) is 1.69. The number of amides is 2. The molecule has 0 saturated carbocycles. The van der Waals surface area contributed by atoms with Gasteiger partial charge in [-0.25, -0.2) is 4.90 Å². The SMILES string of the molecule is CCc1ccc(N2C(=O)c3cccc(N)c3C2=O)cc1. The number of aryl methyl sites for hydroxylation is 1. The Kier molecular flexibility index (Phi) is 2.79. The Labute approximate surface area is 116 Å². The van der Waals surface area contributed by atoms with Crippen molar-refractivity contribution in [2.75, 3.05) is 10.6 Å². The van der Waals surface area contributed by atoms with Crippen molar-refractivity contribution in [2.45, 2.75) is 13.3 Å². The molecular formula is C16H14N2O2. The van der Waals surface area contributed by atoms with Crippen LogP contribution in [0.3, 0.4) is 0 Å². The molecule has 4 heteroatoms. The van der Waals surface area contributed by atoms with E-state index in [0.29, 0.717) is 22.5 Å². The molecule has 0 unspecified atom stereocenters. The van der Waals surface area contributed by atoms with Crippen molar-refractivity contribution in [1.82, 2.24) is 0 Å². The van der Waals surface area contributed by atoms with Crippen LogP contribution in [0.2, 0.25) is 0 Å². The normalized spacial score (nSPS) is 13.8. The molecule has 1 aliphatic heterocycles. The van der Waals surface area contributed by atoms with Gasteiger partial charge in [0.2, 0.25) is 0 Å². The Morgan fingerprint density at radius 1 is 1.00 bits per heavy atom. The zero-order valence-corrected chi connectivity index (χ0v) is 11.1. The van der Waals surface area contributed by atoms with Crippen LogP contribution in [-0.4, -0.2) is 11.8 Å². The first-order valence-electron chi connectivity index (χ1n) is 6.49. The van der Waals surface area contributed by atoms with E-state index in [4.69, 9.17) is 5.73 Å². The van der Waals surface area contributed by atoms with Gasteiger partial charge in [0.15, 0.2) is 0 Å². The molecule has 2 aromatic rings. The minimum Gasteiger partial charge on any atom is -0.398 e. The van der Waals surface area contributed by atoms with Gasteiger partial charge in [-0.1, -0.05) is 25.1 Å². The van der Waals surface area contributed by atoms with Crippen molar-refractivity contribution in [2.24, 2.45) is 0 Å². The molecule has 2 amide bonds. The van der Waals surface area contributed by atoms with Crippen LogP contribution in [0.1, 0.15) is 33.2 Å². The highest BCUT2D eigenvalue weighted by Crippen LogP contribution is 2.31. The fourth-order valence-electron chi connectivity index (χ4n) is 2.43. The summed E-state index contributed by atoms with van der Waals surface area (Å²) >= 11 is 0. The van der Waals surface area contributed by atoms with Gasteiger partial charge in [-0.05, 0) is 36.2 Å². The highest BCUT2D eigenvalue weighted by molar-refractivity contribution is 6.35. The number of nitrogens with zero attached hydrogens (tertiary/aromatic N) is 1. The third-order valence-corrected chi connectivity index (χ3v) is 3.55. The van der Waals surface area contributed by atoms with Crippen molar-refractivity contribution in [1.29, 1.82) is 0 Å². The van der Waals surface area contributed by atoms with Crippen LogP contribution in [0.4, 0.5) is 11.4 Å². The lowest BCUT2D eigenvalue weighted by atomic mass is 10.1. The summed E-state index contributed by atoms with van der Waals surface area (Å²) in [6.45, 7) is 2.05. The zero-order valence-electron chi connectivity index (χ0n) is 11.1. The Morgan fingerprint density at radius 3 is 2.30 bits per heavy atom. The van der Waals surface area contributed by atoms with E-state index >= 15 is 0 Å². The van der Waals surface area contributed by atoms with Crippen LogP contribution in [0.25, 0.3) is 0 Å². The monoisotopic (exact) mass is 266 g/mol. The summed E-state index contributed by atoms with van der Waals surface area (Å²) in [5.74, 6) is -0.672. The van der Waals surface area contributed by atoms with Gasteiger partial charge in [0.25, 0.3) is 11.8 Å². The van der Waals surface area contributed by atoms with Crippen molar-refractivity contribution in [3.05, 3.63) is 59.2 Å². The number of hydrogen-bond acceptors (Lipinski definition) is 3. The molecule has 0 spiro atoms. The minimum atomic E-state index is -0.354. The van der Waals surface area contributed by atoms with E-state index in [-0.39, 0.29) is 11.8 Å². The summed E-state index contributed by atoms with van der Waals surface area (Å²) < 4.78 is 0. The number of nitrogens with two attached hydrogens (primary N) is 1. The Balaban J connectivity index is 2.07. The molecule has 0 atom stereocenters. The van der Waals surface area contributed by atoms with Gasteiger partial charge in [-0.15, -0.1) is 0 Å². The lowest BCUT2D eigenvalue weighted by Gasteiger charge is -2.14. The molecule has 0 fully saturated rings. The highest BCUT2D eigenvalue weighted by atomic mass is 16.2. The quantitative estimate of drug-likeness (QED) is 0.671. The lowest BCUT2D eigenvalue weighted by Crippen LogP contribution is -2.29. The van der Waals surface area contributed by atoms with Crippen LogP contribution in [0.5, 0.6) is 0 Å². The molecule has 3 rings (SSSR count). The Bertz CT molecular complexity index is 705. The first kappa shape index (κ1) is 12.4. The number of benzene rings is 2. The second-order valence-electron chi connectivity index (χ2n) is 4.74. The highest BCUT2D eigenvalue weighted by Gasteiger charge is 2.37. The van der Waals surface area contributed by atoms with Gasteiger partial charge < -0.3 is 5.73 Å². The van der Waals surface area contributed by atoms with Gasteiger partial charge >= 0.3 is 0 Å². The number of rotatable bonds is 2. The molecule has 0 saturated heterocycles. The van der Waals surface area contributed by atoms with E-state index in [2.05, 4.69) is 6.92 Å². The molecular weight excluding hydrogens is 252 g/mol. The summed E-state index contributed by atoms with van der Waals surface area (Å²) in [5, 5.41) is 0. The largest absolute Gasteiger partial charge is 0.398 e. The maximum absolute atomic E-state index is 12.4. The third-order valence-electron chi connectivity index (χ3n) is 3.55. The predicted octanol–water partition coefficient (Wildman–Crippen LogP) is 2.63. The van der Waals surface area contributed by atoms with Gasteiger partial charge in [-0.2, -0.15) is 0 Å². The Hall–Kier alpha value is -2.62. The van der Waals surface area contributed by atoms with E-state index in [1.807, 2.05) is 12.1 Å². The number of fused-ring (bicyclic) bond motifs is 1. The number of anilines is 2. The van der Waals surface area contributed by atoms with Gasteiger partial charge in [-0.3, -0.25) is 9.59 Å². The maximum Gasteiger partial charge on any atom is 0.268 e. The van der Waals surface area contributed by atoms with Crippen LogP contribution in [0, 0.1) is 0 Å². The fraction of sp³-hybridized carbons (Fsp3) is 0.125. The van der Waals surface area contributed by atoms with Crippen molar-refractivity contribution in [3.8, 4) is 0 Å². The van der Waals surface area contributed by atoms with Crippen LogP contribution in [-0.2, 0) is 6.42 Å². The molecule has 2 N–H and O–H groups in total. The number of hydrogen-bond donors (Lipinski definition) is 1. The average molecular weight is 266 g/mol. The number of nitrogen functional groups attached to an aromatic ring is 1. The average Bonchev–Trinajstić information content (AvgIpc) is 2.72. The van der Waals surface area contributed by atoms with E-state index < -0.39 is 0 Å². The summed E-state index contributed by atoms with van der Waals surface area (Å²) in [6.07, 6.45) is 0.912. The lowest BCUT2D eigenvalue weighted by molar-refractivity contribution is 0.0926. The van der Waals surface area contributed by atoms with E-state index in [1.165, 1.54) is 4.90 Å². The second kappa shape index (κ2) is 4.49. The molecule has 1 heterocycles. The first-order valence-corrected chi connectivity index (χ1v) is 6.49. The molecule has 4 nitrogen and oxygen atoms in total. The molecule has 0 bridgehead atoms. The molecule has 0 radical (unpaired) electrons. The van der Waals surface area contributed by atoms with Crippen molar-refractivity contribution in [3.63, 3.8) is 0 Å². The van der Waals surface area contributed by atoms with Gasteiger partial charge in [0.05, 0.1) is 16.8 Å². The summed E-state index contributed by atoms with van der Waals surface area (Å²) in [5.41, 5.74) is 8.56. The molecule has 2 aromatic carbocycles. The second-order valence-corrected chi connectivity index (χ2v) is 4.74. The van der Waals surface area contributed by atoms with Crippen LogP contribution < -0.4 is 10.6 Å². The molecule has 1 aliphatic rings. The summed E-state index contributed by atoms with van der Waals surface area (Å²) in [6, 6.07) is 12.4. The van der Waals surface area contributed by atoms with E-state index in [0.717, 1.165) is 12.0 Å². The number of carbonyl (C=O) groups excluding carboxylic acids is 2. The minimum absolute atomic E-state index is 0.303. The van der Waals surface area contributed by atoms with Crippen molar-refractivity contribution >= 4 is 23.2 Å². The van der Waals surface area contributed by atoms with Crippen molar-refractivity contribution < 1.29 is 9.59 Å². The smallest absolute Gasteiger partial charge is 0.268 e. The van der Waals surface area contributed by atoms with E-state index in [1.54, 1.807) is 30.3 Å². The number of carbonyl (C=O) groups is 2. The van der Waals surface area contributed by atoms with Gasteiger partial charge in [0.1, 0.15) is 0 Å². The van der Waals surface area contributed by atoms with Crippen LogP contribution in [0.15, 0.2) is 42.5 Å². The van der Waals surface area contributed by atoms with Gasteiger partial charge in [0, 0.05) is 5.69 Å². The van der Waals surface area contributed by atoms with E-state index in [9.17, 15) is 9.59 Å². The standard InChI is InChI=1S/C16H14N2O2/c1-2-10-6-8-11(9-7-10)18-15(19)12-4-3-5-13(17)14(12)16(18)20/h3-9H,2,17H2,1H3. The summed E-state index contributed by atoms with van der Waals surface area (Å²) in [4.78, 5) is 26.0. The number of imide groups is 1. The Morgan fingerprint density at radius 2 is 1.70 bits per heavy atom. The summed E-state index contributed by atoms with van der Waals surface area (Å²) in [7, 11) is 0. The van der Waals surface area contributed by atoms with Crippen LogP contribution >= 0.6 is 0 Å². The zero-order chi connectivity index (χ0) is 14.3. The first-order chi connectivity index (χ1) is 9.63. The predicted molar refractivity (Wildman–Crippen MR) is 77.8 cm³/mol. The molecule has 20 heavy (non-hydrogen) atoms.